The molecule has 0 aliphatic heterocycles. The largest absolute Gasteiger partial charge is 0.339 e. The lowest BCUT2D eigenvalue weighted by Gasteiger charge is -2.27. The fraction of sp³-hybridized carbons (Fsp3) is 0.550. The van der Waals surface area contributed by atoms with Crippen LogP contribution in [-0.4, -0.2) is 26.9 Å². The summed E-state index contributed by atoms with van der Waals surface area (Å²) >= 11 is 23.3. The van der Waals surface area contributed by atoms with Gasteiger partial charge in [0.15, 0.2) is 5.11 Å². The molecule has 0 aromatic heterocycles. The van der Waals surface area contributed by atoms with Gasteiger partial charge >= 0.3 is 0 Å². The third-order valence-corrected chi connectivity index (χ3v) is 5.00. The first kappa shape index (κ1) is 26.8. The monoisotopic (exact) mass is 494 g/mol. The molecule has 0 aliphatic rings. The number of halogens is 3. The zero-order valence-electron chi connectivity index (χ0n) is 17.2. The Bertz CT molecular complexity index is 696. The second-order valence-corrected chi connectivity index (χ2v) is 9.69. The van der Waals surface area contributed by atoms with Crippen LogP contribution in [0, 0.1) is 0 Å². The molecule has 6 nitrogen and oxygen atoms in total. The first-order chi connectivity index (χ1) is 14.1. The molecule has 0 heterocycles. The molecule has 0 fully saturated rings. The normalized spacial score (nSPS) is 12.0. The van der Waals surface area contributed by atoms with Gasteiger partial charge in [-0.15, -0.1) is 0 Å². The molecular weight excluding hydrogens is 467 g/mol. The lowest BCUT2D eigenvalue weighted by Crippen LogP contribution is -2.56. The summed E-state index contributed by atoms with van der Waals surface area (Å²) in [6.45, 7) is 3.60. The Kier molecular flexibility index (Phi) is 12.4. The summed E-state index contributed by atoms with van der Waals surface area (Å²) in [4.78, 5) is 23.3. The molecular formula is C20H29Cl3N4O2S. The average Bonchev–Trinajstić information content (AvgIpc) is 2.64. The van der Waals surface area contributed by atoms with Crippen LogP contribution in [0.25, 0.3) is 0 Å². The lowest BCUT2D eigenvalue weighted by atomic mass is 10.1. The van der Waals surface area contributed by atoms with E-state index in [1.165, 1.54) is 26.2 Å². The average molecular weight is 496 g/mol. The van der Waals surface area contributed by atoms with Gasteiger partial charge in [0.05, 0.1) is 0 Å². The van der Waals surface area contributed by atoms with Crippen LogP contribution in [0.4, 0.5) is 11.4 Å². The number of hydrogen-bond acceptors (Lipinski definition) is 3. The highest BCUT2D eigenvalue weighted by molar-refractivity contribution is 7.80. The molecule has 0 unspecified atom stereocenters. The number of amides is 2. The zero-order chi connectivity index (χ0) is 22.6. The van der Waals surface area contributed by atoms with Gasteiger partial charge in [0.2, 0.25) is 15.6 Å². The van der Waals surface area contributed by atoms with E-state index >= 15 is 0 Å². The maximum Gasteiger partial charge on any atom is 0.228 e. The van der Waals surface area contributed by atoms with Crippen molar-refractivity contribution in [1.82, 2.24) is 10.6 Å². The minimum atomic E-state index is -1.79. The Hall–Kier alpha value is -1.28. The number of nitrogens with one attached hydrogen (secondary N) is 4. The minimum Gasteiger partial charge on any atom is -0.339 e. The number of anilines is 2. The number of rotatable bonds is 11. The predicted molar refractivity (Wildman–Crippen MR) is 130 cm³/mol. The van der Waals surface area contributed by atoms with Gasteiger partial charge in [-0.25, -0.2) is 0 Å². The van der Waals surface area contributed by atoms with Gasteiger partial charge in [-0.2, -0.15) is 0 Å². The minimum absolute atomic E-state index is 0.157. The molecule has 0 radical (unpaired) electrons. The molecule has 30 heavy (non-hydrogen) atoms. The number of unbranched alkanes of at least 4 members (excludes halogenated alkanes) is 5. The van der Waals surface area contributed by atoms with E-state index in [0.717, 1.165) is 19.3 Å². The first-order valence-corrected chi connectivity index (χ1v) is 11.5. The molecule has 1 aromatic carbocycles. The summed E-state index contributed by atoms with van der Waals surface area (Å²) in [5, 5.41) is 11.3. The molecule has 0 aliphatic carbocycles. The summed E-state index contributed by atoms with van der Waals surface area (Å²) in [5.74, 6) is -0.369. The molecule has 0 saturated heterocycles. The van der Waals surface area contributed by atoms with E-state index in [1.807, 2.05) is 0 Å². The van der Waals surface area contributed by atoms with Crippen LogP contribution < -0.4 is 21.3 Å². The van der Waals surface area contributed by atoms with Crippen molar-refractivity contribution in [3.05, 3.63) is 24.3 Å². The van der Waals surface area contributed by atoms with Crippen LogP contribution in [0.5, 0.6) is 0 Å². The number of benzene rings is 1. The van der Waals surface area contributed by atoms with Crippen molar-refractivity contribution in [3.63, 3.8) is 0 Å². The summed E-state index contributed by atoms with van der Waals surface area (Å²) in [6.07, 6.45) is 5.84. The Labute approximate surface area is 198 Å². The van der Waals surface area contributed by atoms with E-state index in [1.54, 1.807) is 24.3 Å². The Morgan fingerprint density at radius 1 is 0.933 bits per heavy atom. The summed E-state index contributed by atoms with van der Waals surface area (Å²) in [7, 11) is 0. The van der Waals surface area contributed by atoms with E-state index in [9.17, 15) is 9.59 Å². The highest BCUT2D eigenvalue weighted by Crippen LogP contribution is 2.29. The molecule has 168 valence electrons. The zero-order valence-corrected chi connectivity index (χ0v) is 20.3. The number of carbonyl (C=O) groups is 2. The molecule has 1 rings (SSSR count). The molecule has 1 aromatic rings. The van der Waals surface area contributed by atoms with Crippen molar-refractivity contribution in [2.24, 2.45) is 0 Å². The van der Waals surface area contributed by atoms with Crippen molar-refractivity contribution in [2.45, 2.75) is 68.8 Å². The summed E-state index contributed by atoms with van der Waals surface area (Å²) in [6, 6.07) is 6.92. The van der Waals surface area contributed by atoms with E-state index in [-0.39, 0.29) is 16.9 Å². The highest BCUT2D eigenvalue weighted by atomic mass is 35.6. The number of alkyl halides is 3. The molecule has 4 N–H and O–H groups in total. The first-order valence-electron chi connectivity index (χ1n) is 9.93. The number of hydrogen-bond donors (Lipinski definition) is 4. The molecule has 0 bridgehead atoms. The predicted octanol–water partition coefficient (Wildman–Crippen LogP) is 5.49. The summed E-state index contributed by atoms with van der Waals surface area (Å²) < 4.78 is -1.79. The van der Waals surface area contributed by atoms with Gasteiger partial charge in [-0.05, 0) is 42.9 Å². The standard InChI is InChI=1S/C20H29Cl3N4O2S/c1-3-4-5-6-7-8-9-17(29)26-18(20(21,22)23)27-19(30)25-16-12-10-15(11-13-16)24-14(2)28/h10-13,18H,3-9H2,1-2H3,(H,24,28)(H,26,29)(H2,25,27,30)/t18-/m0/s1. The fourth-order valence-corrected chi connectivity index (χ4v) is 3.20. The van der Waals surface area contributed by atoms with Gasteiger partial charge in [-0.1, -0.05) is 73.8 Å². The second-order valence-electron chi connectivity index (χ2n) is 6.92. The van der Waals surface area contributed by atoms with E-state index in [0.29, 0.717) is 17.8 Å². The Balaban J connectivity index is 2.52. The van der Waals surface area contributed by atoms with Gasteiger partial charge in [0.25, 0.3) is 0 Å². The third-order valence-electron chi connectivity index (χ3n) is 4.13. The summed E-state index contributed by atoms with van der Waals surface area (Å²) in [5.41, 5.74) is 1.33. The molecule has 2 amide bonds. The third kappa shape index (κ3) is 11.8. The fourth-order valence-electron chi connectivity index (χ4n) is 2.64. The van der Waals surface area contributed by atoms with Gasteiger partial charge in [0, 0.05) is 24.7 Å². The highest BCUT2D eigenvalue weighted by Gasteiger charge is 2.34. The van der Waals surface area contributed by atoms with Crippen molar-refractivity contribution in [2.75, 3.05) is 10.6 Å². The van der Waals surface area contributed by atoms with Crippen LogP contribution in [0.2, 0.25) is 0 Å². The van der Waals surface area contributed by atoms with Crippen LogP contribution in [-0.2, 0) is 9.59 Å². The van der Waals surface area contributed by atoms with E-state index < -0.39 is 9.96 Å². The molecule has 10 heteroatoms. The topological polar surface area (TPSA) is 82.3 Å². The van der Waals surface area contributed by atoms with E-state index in [4.69, 9.17) is 47.0 Å². The quantitative estimate of drug-likeness (QED) is 0.141. The van der Waals surface area contributed by atoms with Gasteiger partial charge in [0.1, 0.15) is 6.17 Å². The van der Waals surface area contributed by atoms with Gasteiger partial charge in [-0.3, -0.25) is 9.59 Å². The Morgan fingerprint density at radius 3 is 2.00 bits per heavy atom. The maximum absolute atomic E-state index is 12.2. The SMILES string of the molecule is CCCCCCCCC(=O)N[C@@H](NC(=S)Nc1ccc(NC(C)=O)cc1)C(Cl)(Cl)Cl. The maximum atomic E-state index is 12.2. The van der Waals surface area contributed by atoms with Crippen molar-refractivity contribution >= 4 is 75.3 Å². The van der Waals surface area contributed by atoms with E-state index in [2.05, 4.69) is 28.2 Å². The molecule has 0 spiro atoms. The van der Waals surface area contributed by atoms with Gasteiger partial charge < -0.3 is 21.3 Å². The number of carbonyl (C=O) groups excluding carboxylic acids is 2. The van der Waals surface area contributed by atoms with Crippen LogP contribution in [0.3, 0.4) is 0 Å². The van der Waals surface area contributed by atoms with Crippen LogP contribution >= 0.6 is 47.0 Å². The van der Waals surface area contributed by atoms with Crippen molar-refractivity contribution in [1.29, 1.82) is 0 Å². The smallest absolute Gasteiger partial charge is 0.228 e. The van der Waals surface area contributed by atoms with Crippen molar-refractivity contribution in [3.8, 4) is 0 Å². The number of thiocarbonyl (C=S) groups is 1. The lowest BCUT2D eigenvalue weighted by molar-refractivity contribution is -0.122. The second kappa shape index (κ2) is 13.9. The van der Waals surface area contributed by atoms with Crippen LogP contribution in [0.15, 0.2) is 24.3 Å². The molecule has 1 atom stereocenters. The van der Waals surface area contributed by atoms with Crippen LogP contribution in [0.1, 0.15) is 58.8 Å². The van der Waals surface area contributed by atoms with Crippen molar-refractivity contribution < 1.29 is 9.59 Å². The molecule has 0 saturated carbocycles. The Morgan fingerprint density at radius 2 is 1.47 bits per heavy atom.